The van der Waals surface area contributed by atoms with E-state index in [1.54, 1.807) is 6.07 Å². The molecule has 0 radical (unpaired) electrons. The average Bonchev–Trinajstić information content (AvgIpc) is 1.96. The van der Waals surface area contributed by atoms with Gasteiger partial charge in [0.1, 0.15) is 11.8 Å². The van der Waals surface area contributed by atoms with E-state index in [4.69, 9.17) is 16.9 Å². The van der Waals surface area contributed by atoms with Gasteiger partial charge in [0.05, 0.1) is 9.13 Å². The molecule has 0 fully saturated rings. The molecule has 0 heterocycles. The molecule has 2 nitrogen and oxygen atoms in total. The van der Waals surface area contributed by atoms with Crippen molar-refractivity contribution in [3.05, 3.63) is 26.3 Å². The van der Waals surface area contributed by atoms with Crippen LogP contribution in [0.15, 0.2) is 12.1 Å². The van der Waals surface area contributed by atoms with Crippen molar-refractivity contribution >= 4 is 34.2 Å². The Morgan fingerprint density at radius 3 is 2.73 bits per heavy atom. The van der Waals surface area contributed by atoms with E-state index >= 15 is 0 Å². The Morgan fingerprint density at radius 2 is 2.18 bits per heavy atom. The summed E-state index contributed by atoms with van der Waals surface area (Å²) in [4.78, 5) is 0. The average molecular weight is 279 g/mol. The smallest absolute Gasteiger partial charge is 0.146 e. The van der Waals surface area contributed by atoms with Gasteiger partial charge in [0.25, 0.3) is 0 Å². The monoisotopic (exact) mass is 279 g/mol. The molecule has 0 amide bonds. The molecular formula is C7H3ClINO. The van der Waals surface area contributed by atoms with Gasteiger partial charge in [-0.15, -0.1) is 0 Å². The van der Waals surface area contributed by atoms with Crippen LogP contribution in [0.1, 0.15) is 5.56 Å². The lowest BCUT2D eigenvalue weighted by Crippen LogP contribution is -1.80. The fraction of sp³-hybridized carbons (Fsp3) is 0. The van der Waals surface area contributed by atoms with Crippen LogP contribution < -0.4 is 0 Å². The molecular weight excluding hydrogens is 276 g/mol. The van der Waals surface area contributed by atoms with Crippen molar-refractivity contribution in [1.29, 1.82) is 5.26 Å². The number of hydrogen-bond donors (Lipinski definition) is 1. The summed E-state index contributed by atoms with van der Waals surface area (Å²) in [5.74, 6) is -0.00231. The summed E-state index contributed by atoms with van der Waals surface area (Å²) < 4.78 is 0.589. The quantitative estimate of drug-likeness (QED) is 0.742. The Kier molecular flexibility index (Phi) is 2.58. The Morgan fingerprint density at radius 1 is 1.55 bits per heavy atom. The number of halogens is 2. The van der Waals surface area contributed by atoms with Crippen LogP contribution in [-0.4, -0.2) is 5.11 Å². The van der Waals surface area contributed by atoms with Gasteiger partial charge in [-0.25, -0.2) is 0 Å². The molecule has 0 saturated heterocycles. The van der Waals surface area contributed by atoms with Gasteiger partial charge in [-0.1, -0.05) is 11.6 Å². The van der Waals surface area contributed by atoms with Crippen LogP contribution in [0.5, 0.6) is 5.75 Å². The summed E-state index contributed by atoms with van der Waals surface area (Å²) in [6.07, 6.45) is 0. The van der Waals surface area contributed by atoms with Gasteiger partial charge in [-0.2, -0.15) is 5.26 Å². The normalized spacial score (nSPS) is 9.18. The van der Waals surface area contributed by atoms with E-state index in [2.05, 4.69) is 0 Å². The largest absolute Gasteiger partial charge is 0.505 e. The molecule has 1 aromatic carbocycles. The first-order chi connectivity index (χ1) is 5.15. The van der Waals surface area contributed by atoms with Gasteiger partial charge >= 0.3 is 0 Å². The molecule has 0 aliphatic rings. The minimum atomic E-state index is -0.00231. The van der Waals surface area contributed by atoms with Crippen molar-refractivity contribution in [2.24, 2.45) is 0 Å². The van der Waals surface area contributed by atoms with Crippen molar-refractivity contribution in [1.82, 2.24) is 0 Å². The highest BCUT2D eigenvalue weighted by atomic mass is 127. The van der Waals surface area contributed by atoms with E-state index in [1.807, 2.05) is 28.7 Å². The fourth-order valence-electron chi connectivity index (χ4n) is 0.651. The molecule has 0 spiro atoms. The Hall–Kier alpha value is -0.470. The summed E-state index contributed by atoms with van der Waals surface area (Å²) >= 11 is 7.55. The van der Waals surface area contributed by atoms with Crippen LogP contribution in [0, 0.1) is 14.9 Å². The van der Waals surface area contributed by atoms with Crippen LogP contribution in [-0.2, 0) is 0 Å². The first-order valence-corrected chi connectivity index (χ1v) is 4.19. The van der Waals surface area contributed by atoms with Crippen molar-refractivity contribution in [2.45, 2.75) is 0 Å². The highest BCUT2D eigenvalue weighted by Crippen LogP contribution is 2.27. The highest BCUT2D eigenvalue weighted by molar-refractivity contribution is 14.1. The number of rotatable bonds is 0. The Bertz CT molecular complexity index is 332. The zero-order valence-electron chi connectivity index (χ0n) is 5.31. The third-order valence-electron chi connectivity index (χ3n) is 1.15. The zero-order valence-corrected chi connectivity index (χ0v) is 8.22. The molecule has 1 rings (SSSR count). The van der Waals surface area contributed by atoms with Crippen molar-refractivity contribution in [3.8, 4) is 11.8 Å². The number of phenolic OH excluding ortho intramolecular Hbond substituents is 1. The van der Waals surface area contributed by atoms with E-state index in [1.165, 1.54) is 6.07 Å². The highest BCUT2D eigenvalue weighted by Gasteiger charge is 2.05. The third-order valence-corrected chi connectivity index (χ3v) is 2.19. The Labute approximate surface area is 82.5 Å². The predicted molar refractivity (Wildman–Crippen MR) is 50.5 cm³/mol. The van der Waals surface area contributed by atoms with E-state index < -0.39 is 0 Å². The molecule has 0 bridgehead atoms. The summed E-state index contributed by atoms with van der Waals surface area (Å²) in [5, 5.41) is 18.2. The molecule has 0 atom stereocenters. The number of benzene rings is 1. The summed E-state index contributed by atoms with van der Waals surface area (Å²) in [6, 6.07) is 4.86. The molecule has 56 valence electrons. The minimum Gasteiger partial charge on any atom is -0.505 e. The second-order valence-corrected chi connectivity index (χ2v) is 3.49. The summed E-state index contributed by atoms with van der Waals surface area (Å²) in [5.41, 5.74) is 0.210. The predicted octanol–water partition coefficient (Wildman–Crippen LogP) is 2.52. The standard InChI is InChI=1S/C7H3ClINO/c8-5-1-4(3-10)7(11)6(9)2-5/h1-2,11H. The zero-order chi connectivity index (χ0) is 8.43. The van der Waals surface area contributed by atoms with Crippen molar-refractivity contribution in [3.63, 3.8) is 0 Å². The maximum atomic E-state index is 9.23. The Balaban J connectivity index is 3.39. The van der Waals surface area contributed by atoms with Gasteiger partial charge in [-0.3, -0.25) is 0 Å². The van der Waals surface area contributed by atoms with E-state index in [0.29, 0.717) is 8.59 Å². The fourth-order valence-corrected chi connectivity index (χ4v) is 1.68. The van der Waals surface area contributed by atoms with Crippen molar-refractivity contribution in [2.75, 3.05) is 0 Å². The van der Waals surface area contributed by atoms with Gasteiger partial charge in [0.2, 0.25) is 0 Å². The maximum absolute atomic E-state index is 9.23. The van der Waals surface area contributed by atoms with Crippen LogP contribution in [0.3, 0.4) is 0 Å². The third kappa shape index (κ3) is 1.76. The first kappa shape index (κ1) is 8.62. The van der Waals surface area contributed by atoms with Crippen LogP contribution >= 0.6 is 34.2 Å². The lowest BCUT2D eigenvalue weighted by atomic mass is 10.2. The van der Waals surface area contributed by atoms with E-state index in [-0.39, 0.29) is 11.3 Å². The lowest BCUT2D eigenvalue weighted by Gasteiger charge is -1.98. The second-order valence-electron chi connectivity index (χ2n) is 1.90. The van der Waals surface area contributed by atoms with Crippen LogP contribution in [0.2, 0.25) is 5.02 Å². The number of aromatic hydroxyl groups is 1. The van der Waals surface area contributed by atoms with Crippen molar-refractivity contribution < 1.29 is 5.11 Å². The number of nitrogens with zero attached hydrogens (tertiary/aromatic N) is 1. The van der Waals surface area contributed by atoms with Gasteiger partial charge < -0.3 is 5.11 Å². The maximum Gasteiger partial charge on any atom is 0.146 e. The van der Waals surface area contributed by atoms with E-state index in [0.717, 1.165) is 0 Å². The molecule has 0 aliphatic carbocycles. The SMILES string of the molecule is N#Cc1cc(Cl)cc(I)c1O. The van der Waals surface area contributed by atoms with Crippen LogP contribution in [0.25, 0.3) is 0 Å². The molecule has 1 N–H and O–H groups in total. The minimum absolute atomic E-state index is 0.00231. The number of phenols is 1. The molecule has 4 heteroatoms. The molecule has 0 aromatic heterocycles. The summed E-state index contributed by atoms with van der Waals surface area (Å²) in [6.45, 7) is 0. The second kappa shape index (κ2) is 3.28. The van der Waals surface area contributed by atoms with Gasteiger partial charge in [0.15, 0.2) is 0 Å². The van der Waals surface area contributed by atoms with Gasteiger partial charge in [-0.05, 0) is 34.7 Å². The molecule has 0 saturated carbocycles. The number of nitriles is 1. The number of hydrogen-bond acceptors (Lipinski definition) is 2. The molecule has 0 unspecified atom stereocenters. The summed E-state index contributed by atoms with van der Waals surface area (Å²) in [7, 11) is 0. The van der Waals surface area contributed by atoms with Gasteiger partial charge in [0, 0.05) is 5.02 Å². The lowest BCUT2D eigenvalue weighted by molar-refractivity contribution is 0.470. The molecule has 11 heavy (non-hydrogen) atoms. The topological polar surface area (TPSA) is 44.0 Å². The van der Waals surface area contributed by atoms with E-state index in [9.17, 15) is 5.11 Å². The molecule has 0 aliphatic heterocycles. The van der Waals surface area contributed by atoms with Crippen LogP contribution in [0.4, 0.5) is 0 Å². The first-order valence-electron chi connectivity index (χ1n) is 2.73. The molecule has 1 aromatic rings.